The van der Waals surface area contributed by atoms with Gasteiger partial charge in [-0.1, -0.05) is 41.4 Å². The minimum atomic E-state index is -0.342. The van der Waals surface area contributed by atoms with E-state index in [0.717, 1.165) is 48.4 Å². The highest BCUT2D eigenvalue weighted by atomic mass is 35.5. The molecule has 1 aliphatic rings. The van der Waals surface area contributed by atoms with Crippen LogP contribution in [0.1, 0.15) is 39.3 Å². The second-order valence-electron chi connectivity index (χ2n) is 7.63. The van der Waals surface area contributed by atoms with Gasteiger partial charge in [0.25, 0.3) is 11.8 Å². The summed E-state index contributed by atoms with van der Waals surface area (Å²) in [6, 6.07) is 9.02. The molecule has 11 heteroatoms. The van der Waals surface area contributed by atoms with Gasteiger partial charge < -0.3 is 21.7 Å². The van der Waals surface area contributed by atoms with Gasteiger partial charge in [0.1, 0.15) is 4.34 Å². The monoisotopic (exact) mass is 504 g/mol. The van der Waals surface area contributed by atoms with E-state index in [1.54, 1.807) is 6.07 Å². The van der Waals surface area contributed by atoms with E-state index >= 15 is 0 Å². The number of hydrogen-bond donors (Lipinski definition) is 4. The summed E-state index contributed by atoms with van der Waals surface area (Å²) in [5, 5.41) is 9.06. The van der Waals surface area contributed by atoms with Gasteiger partial charge in [-0.2, -0.15) is 0 Å². The number of nitrogens with one attached hydrogen (secondary N) is 3. The minimum absolute atomic E-state index is 0.0367. The summed E-state index contributed by atoms with van der Waals surface area (Å²) >= 11 is 13.1. The van der Waals surface area contributed by atoms with Gasteiger partial charge in [0.2, 0.25) is 0 Å². The lowest BCUT2D eigenvalue weighted by Crippen LogP contribution is -2.46. The lowest BCUT2D eigenvalue weighted by molar-refractivity contribution is 0.0924. The molecule has 4 rings (SSSR count). The fourth-order valence-electron chi connectivity index (χ4n) is 3.55. The summed E-state index contributed by atoms with van der Waals surface area (Å²) < 4.78 is 0.798. The van der Waals surface area contributed by atoms with E-state index in [1.807, 2.05) is 24.3 Å². The highest BCUT2D eigenvalue weighted by Crippen LogP contribution is 2.31. The Labute approximate surface area is 204 Å². The number of nitrogens with zero attached hydrogens (tertiary/aromatic N) is 2. The molecular formula is C22H22Cl2N6O2S. The van der Waals surface area contributed by atoms with E-state index in [9.17, 15) is 9.59 Å². The van der Waals surface area contributed by atoms with Crippen molar-refractivity contribution in [2.75, 3.05) is 18.8 Å². The second-order valence-corrected chi connectivity index (χ2v) is 9.91. The number of benzene rings is 1. The molecule has 172 valence electrons. The van der Waals surface area contributed by atoms with Gasteiger partial charge in [0.05, 0.1) is 21.8 Å². The number of aromatic nitrogens is 2. The molecule has 0 bridgehead atoms. The molecule has 1 unspecified atom stereocenters. The van der Waals surface area contributed by atoms with Crippen LogP contribution >= 0.6 is 34.5 Å². The Kier molecular flexibility index (Phi) is 7.44. The largest absolute Gasteiger partial charge is 0.382 e. The number of piperidine rings is 1. The van der Waals surface area contributed by atoms with E-state index < -0.39 is 0 Å². The average Bonchev–Trinajstić information content (AvgIpc) is 3.16. The number of nitrogens with two attached hydrogens (primary N) is 1. The van der Waals surface area contributed by atoms with Crippen molar-refractivity contribution in [1.29, 1.82) is 0 Å². The molecule has 3 heterocycles. The molecule has 0 aliphatic carbocycles. The van der Waals surface area contributed by atoms with Crippen molar-refractivity contribution >= 4 is 52.2 Å². The molecule has 0 spiro atoms. The van der Waals surface area contributed by atoms with Crippen LogP contribution in [0.5, 0.6) is 0 Å². The van der Waals surface area contributed by atoms with E-state index in [1.165, 1.54) is 6.20 Å². The Morgan fingerprint density at radius 1 is 1.24 bits per heavy atom. The number of hydrogen-bond acceptors (Lipinski definition) is 7. The fraction of sp³-hybridized carbons (Fsp3) is 0.273. The van der Waals surface area contributed by atoms with Crippen molar-refractivity contribution in [2.45, 2.75) is 25.4 Å². The van der Waals surface area contributed by atoms with Crippen LogP contribution in [-0.2, 0) is 6.54 Å². The van der Waals surface area contributed by atoms with Crippen molar-refractivity contribution < 1.29 is 9.59 Å². The molecule has 8 nitrogen and oxygen atoms in total. The van der Waals surface area contributed by atoms with E-state index in [0.29, 0.717) is 19.9 Å². The van der Waals surface area contributed by atoms with Crippen LogP contribution in [0.2, 0.25) is 8.67 Å². The van der Waals surface area contributed by atoms with Crippen LogP contribution < -0.4 is 21.7 Å². The topological polar surface area (TPSA) is 122 Å². The average molecular weight is 505 g/mol. The first kappa shape index (κ1) is 23.4. The van der Waals surface area contributed by atoms with E-state index in [2.05, 4.69) is 25.9 Å². The maximum Gasteiger partial charge on any atom is 0.274 e. The molecule has 1 atom stereocenters. The summed E-state index contributed by atoms with van der Waals surface area (Å²) in [7, 11) is 0. The number of thiophene rings is 1. The van der Waals surface area contributed by atoms with Crippen LogP contribution in [0, 0.1) is 0 Å². The summed E-state index contributed by atoms with van der Waals surface area (Å²) in [5.74, 6) is -0.572. The van der Waals surface area contributed by atoms with E-state index in [4.69, 9.17) is 28.9 Å². The van der Waals surface area contributed by atoms with Crippen molar-refractivity contribution in [3.63, 3.8) is 0 Å². The van der Waals surface area contributed by atoms with E-state index in [-0.39, 0.29) is 35.9 Å². The maximum atomic E-state index is 12.7. The van der Waals surface area contributed by atoms with Crippen molar-refractivity contribution in [3.05, 3.63) is 62.0 Å². The van der Waals surface area contributed by atoms with Crippen LogP contribution in [0.3, 0.4) is 0 Å². The first-order valence-corrected chi connectivity index (χ1v) is 11.9. The number of rotatable bonds is 6. The molecule has 2 aromatic heterocycles. The SMILES string of the molecule is Nc1ncc(-c2cccc(CNC(=O)c3cc(Cl)sc3Cl)c2)nc1C(=O)NC1CCCNC1. The summed E-state index contributed by atoms with van der Waals surface area (Å²) in [4.78, 5) is 33.8. The van der Waals surface area contributed by atoms with Gasteiger partial charge >= 0.3 is 0 Å². The molecule has 1 aromatic carbocycles. The van der Waals surface area contributed by atoms with Crippen LogP contribution in [0.25, 0.3) is 11.3 Å². The van der Waals surface area contributed by atoms with Crippen molar-refractivity contribution in [3.8, 4) is 11.3 Å². The Bertz CT molecular complexity index is 1180. The number of carbonyl (C=O) groups excluding carboxylic acids is 2. The molecular weight excluding hydrogens is 483 g/mol. The van der Waals surface area contributed by atoms with Crippen LogP contribution in [0.15, 0.2) is 36.5 Å². The van der Waals surface area contributed by atoms with Gasteiger partial charge in [-0.3, -0.25) is 9.59 Å². The van der Waals surface area contributed by atoms with Crippen molar-refractivity contribution in [2.24, 2.45) is 0 Å². The first-order valence-electron chi connectivity index (χ1n) is 10.4. The molecule has 33 heavy (non-hydrogen) atoms. The number of anilines is 1. The third kappa shape index (κ3) is 5.80. The zero-order valence-corrected chi connectivity index (χ0v) is 19.9. The molecule has 5 N–H and O–H groups in total. The third-order valence-electron chi connectivity index (χ3n) is 5.23. The molecule has 0 radical (unpaired) electrons. The lowest BCUT2D eigenvalue weighted by Gasteiger charge is -2.23. The highest BCUT2D eigenvalue weighted by molar-refractivity contribution is 7.20. The maximum absolute atomic E-state index is 12.7. The Balaban J connectivity index is 1.47. The lowest BCUT2D eigenvalue weighted by atomic mass is 10.1. The Morgan fingerprint density at radius 2 is 2.09 bits per heavy atom. The standard InChI is InChI=1S/C22H22Cl2N6O2S/c23-17-8-15(19(24)33-17)21(31)28-9-12-3-1-4-13(7-12)16-11-27-20(25)18(30-16)22(32)29-14-5-2-6-26-10-14/h1,3-4,7-8,11,14,26H,2,5-6,9-10H2,(H2,25,27)(H,28,31)(H,29,32). The smallest absolute Gasteiger partial charge is 0.274 e. The van der Waals surface area contributed by atoms with Gasteiger partial charge in [0.15, 0.2) is 11.5 Å². The molecule has 1 aliphatic heterocycles. The van der Waals surface area contributed by atoms with Gasteiger partial charge in [-0.05, 0) is 37.1 Å². The summed E-state index contributed by atoms with van der Waals surface area (Å²) in [5.41, 5.74) is 8.48. The normalized spacial score (nSPS) is 15.8. The number of nitrogen functional groups attached to an aromatic ring is 1. The number of halogens is 2. The van der Waals surface area contributed by atoms with Gasteiger partial charge in [-0.25, -0.2) is 9.97 Å². The molecule has 3 aromatic rings. The first-order chi connectivity index (χ1) is 15.9. The predicted octanol–water partition coefficient (Wildman–Crippen LogP) is 3.51. The predicted molar refractivity (Wildman–Crippen MR) is 131 cm³/mol. The fourth-order valence-corrected chi connectivity index (χ4v) is 5.00. The Hall–Kier alpha value is -2.72. The summed E-state index contributed by atoms with van der Waals surface area (Å²) in [6.45, 7) is 1.95. The van der Waals surface area contributed by atoms with Gasteiger partial charge in [-0.15, -0.1) is 11.3 Å². The van der Waals surface area contributed by atoms with Crippen LogP contribution in [0.4, 0.5) is 5.82 Å². The highest BCUT2D eigenvalue weighted by Gasteiger charge is 2.20. The Morgan fingerprint density at radius 3 is 2.82 bits per heavy atom. The molecule has 1 fully saturated rings. The molecule has 2 amide bonds. The quantitative estimate of drug-likeness (QED) is 0.407. The van der Waals surface area contributed by atoms with Crippen molar-refractivity contribution in [1.82, 2.24) is 25.9 Å². The zero-order valence-electron chi connectivity index (χ0n) is 17.5. The second kappa shape index (κ2) is 10.5. The zero-order chi connectivity index (χ0) is 23.4. The number of carbonyl (C=O) groups is 2. The minimum Gasteiger partial charge on any atom is -0.382 e. The molecule has 0 saturated carbocycles. The third-order valence-corrected chi connectivity index (χ3v) is 6.71. The summed E-state index contributed by atoms with van der Waals surface area (Å²) in [6.07, 6.45) is 3.43. The van der Waals surface area contributed by atoms with Gasteiger partial charge in [0, 0.05) is 24.7 Å². The number of amides is 2. The molecule has 1 saturated heterocycles. The van der Waals surface area contributed by atoms with Crippen LogP contribution in [-0.4, -0.2) is 40.9 Å².